The van der Waals surface area contributed by atoms with Gasteiger partial charge in [-0.1, -0.05) is 36.6 Å². The smallest absolute Gasteiger partial charge is 0.0354 e. The molecule has 2 aliphatic carbocycles. The highest BCUT2D eigenvalue weighted by Gasteiger charge is 2.54. The third-order valence-electron chi connectivity index (χ3n) is 5.19. The summed E-state index contributed by atoms with van der Waals surface area (Å²) in [6, 6.07) is 7.48. The first-order valence-electron chi connectivity index (χ1n) is 7.47. The molecule has 0 amide bonds. The van der Waals surface area contributed by atoms with Crippen molar-refractivity contribution >= 4 is 0 Å². The summed E-state index contributed by atoms with van der Waals surface area (Å²) in [5, 5.41) is 3.60. The van der Waals surface area contributed by atoms with Crippen LogP contribution in [0.3, 0.4) is 0 Å². The van der Waals surface area contributed by atoms with E-state index in [1.54, 1.807) is 0 Å². The monoisotopic (exact) mass is 243 g/mol. The fourth-order valence-electron chi connectivity index (χ4n) is 4.19. The van der Waals surface area contributed by atoms with E-state index in [0.717, 1.165) is 17.8 Å². The molecular weight excluding hydrogens is 218 g/mol. The molecule has 3 unspecified atom stereocenters. The number of hydrogen-bond acceptors (Lipinski definition) is 1. The maximum absolute atomic E-state index is 3.60. The van der Waals surface area contributed by atoms with Gasteiger partial charge in [-0.3, -0.25) is 0 Å². The van der Waals surface area contributed by atoms with Gasteiger partial charge in [0.25, 0.3) is 0 Å². The molecule has 0 saturated heterocycles. The van der Waals surface area contributed by atoms with Crippen LogP contribution in [0, 0.1) is 31.6 Å². The summed E-state index contributed by atoms with van der Waals surface area (Å²) in [4.78, 5) is 0. The maximum Gasteiger partial charge on any atom is 0.0354 e. The van der Waals surface area contributed by atoms with E-state index in [2.05, 4.69) is 44.4 Å². The van der Waals surface area contributed by atoms with E-state index in [4.69, 9.17) is 0 Å². The minimum Gasteiger partial charge on any atom is -0.313 e. The molecule has 0 radical (unpaired) electrons. The number of aryl methyl sites for hydroxylation is 2. The number of rotatable bonds is 3. The Bertz CT molecular complexity index is 425. The average Bonchev–Trinajstić information content (AvgIpc) is 3.09. The van der Waals surface area contributed by atoms with Crippen LogP contribution in [0.4, 0.5) is 0 Å². The molecule has 3 rings (SSSR count). The summed E-state index contributed by atoms with van der Waals surface area (Å²) < 4.78 is 0. The third kappa shape index (κ3) is 1.99. The Morgan fingerprint density at radius 3 is 2.39 bits per heavy atom. The molecule has 18 heavy (non-hydrogen) atoms. The summed E-state index contributed by atoms with van der Waals surface area (Å²) in [6.45, 7) is 4.46. The molecule has 0 aromatic heterocycles. The highest BCUT2D eigenvalue weighted by Crippen LogP contribution is 2.60. The number of hydrogen-bond donors (Lipinski definition) is 1. The molecule has 0 spiro atoms. The van der Waals surface area contributed by atoms with Gasteiger partial charge < -0.3 is 5.32 Å². The van der Waals surface area contributed by atoms with E-state index in [1.807, 2.05) is 0 Å². The van der Waals surface area contributed by atoms with Crippen molar-refractivity contribution in [3.05, 3.63) is 34.9 Å². The molecule has 1 aromatic rings. The Morgan fingerprint density at radius 2 is 1.78 bits per heavy atom. The number of benzene rings is 1. The summed E-state index contributed by atoms with van der Waals surface area (Å²) >= 11 is 0. The van der Waals surface area contributed by atoms with Gasteiger partial charge in [0.2, 0.25) is 0 Å². The highest BCUT2D eigenvalue weighted by atomic mass is 14.9. The van der Waals surface area contributed by atoms with Crippen molar-refractivity contribution in [2.45, 2.75) is 45.6 Å². The zero-order chi connectivity index (χ0) is 12.7. The van der Waals surface area contributed by atoms with Gasteiger partial charge in [0.15, 0.2) is 0 Å². The van der Waals surface area contributed by atoms with Crippen molar-refractivity contribution in [3.8, 4) is 0 Å². The SMILES string of the molecule is CNC(c1cc(C)ccc1C)C1C2CCCCC21. The van der Waals surface area contributed by atoms with Crippen LogP contribution in [-0.2, 0) is 0 Å². The Labute approximate surface area is 111 Å². The quantitative estimate of drug-likeness (QED) is 0.846. The predicted molar refractivity (Wildman–Crippen MR) is 76.7 cm³/mol. The summed E-state index contributed by atoms with van der Waals surface area (Å²) in [5.41, 5.74) is 4.37. The van der Waals surface area contributed by atoms with Crippen molar-refractivity contribution in [2.75, 3.05) is 7.05 Å². The van der Waals surface area contributed by atoms with Gasteiger partial charge in [-0.25, -0.2) is 0 Å². The first-order chi connectivity index (χ1) is 8.72. The molecule has 3 atom stereocenters. The lowest BCUT2D eigenvalue weighted by Gasteiger charge is -2.20. The van der Waals surface area contributed by atoms with Gasteiger partial charge in [-0.15, -0.1) is 0 Å². The Hall–Kier alpha value is -0.820. The molecule has 2 aliphatic rings. The molecule has 1 heteroatoms. The van der Waals surface area contributed by atoms with Crippen molar-refractivity contribution in [1.29, 1.82) is 0 Å². The second-order valence-corrected chi connectivity index (χ2v) is 6.32. The van der Waals surface area contributed by atoms with E-state index < -0.39 is 0 Å². The first kappa shape index (κ1) is 12.2. The summed E-state index contributed by atoms with van der Waals surface area (Å²) in [7, 11) is 2.14. The van der Waals surface area contributed by atoms with Crippen molar-refractivity contribution < 1.29 is 0 Å². The topological polar surface area (TPSA) is 12.0 Å². The van der Waals surface area contributed by atoms with E-state index in [0.29, 0.717) is 6.04 Å². The van der Waals surface area contributed by atoms with E-state index in [9.17, 15) is 0 Å². The predicted octanol–water partition coefficient (Wildman–Crippen LogP) is 4.00. The summed E-state index contributed by atoms with van der Waals surface area (Å²) in [6.07, 6.45) is 5.86. The van der Waals surface area contributed by atoms with Crippen LogP contribution in [0.15, 0.2) is 18.2 Å². The molecule has 0 bridgehead atoms. The Kier molecular flexibility index (Phi) is 3.19. The van der Waals surface area contributed by atoms with Crippen LogP contribution in [0.1, 0.15) is 48.4 Å². The molecule has 1 aromatic carbocycles. The van der Waals surface area contributed by atoms with Gasteiger partial charge >= 0.3 is 0 Å². The zero-order valence-electron chi connectivity index (χ0n) is 11.9. The van der Waals surface area contributed by atoms with Crippen LogP contribution in [-0.4, -0.2) is 7.05 Å². The summed E-state index contributed by atoms with van der Waals surface area (Å²) in [5.74, 6) is 2.92. The van der Waals surface area contributed by atoms with Crippen molar-refractivity contribution in [1.82, 2.24) is 5.32 Å². The third-order valence-corrected chi connectivity index (χ3v) is 5.19. The van der Waals surface area contributed by atoms with Gasteiger partial charge in [0, 0.05) is 6.04 Å². The van der Waals surface area contributed by atoms with Crippen LogP contribution >= 0.6 is 0 Å². The molecule has 98 valence electrons. The Morgan fingerprint density at radius 1 is 1.11 bits per heavy atom. The van der Waals surface area contributed by atoms with Gasteiger partial charge in [0.05, 0.1) is 0 Å². The second kappa shape index (κ2) is 4.70. The van der Waals surface area contributed by atoms with Gasteiger partial charge in [-0.2, -0.15) is 0 Å². The first-order valence-corrected chi connectivity index (χ1v) is 7.47. The molecule has 1 N–H and O–H groups in total. The largest absolute Gasteiger partial charge is 0.313 e. The van der Waals surface area contributed by atoms with Crippen LogP contribution < -0.4 is 5.32 Å². The minimum absolute atomic E-state index is 0.581. The van der Waals surface area contributed by atoms with Crippen molar-refractivity contribution in [2.24, 2.45) is 17.8 Å². The fraction of sp³-hybridized carbons (Fsp3) is 0.647. The lowest BCUT2D eigenvalue weighted by Crippen LogP contribution is -2.21. The maximum atomic E-state index is 3.60. The molecule has 2 fully saturated rings. The lowest BCUT2D eigenvalue weighted by molar-refractivity contribution is 0.480. The fourth-order valence-corrected chi connectivity index (χ4v) is 4.19. The van der Waals surface area contributed by atoms with Crippen molar-refractivity contribution in [3.63, 3.8) is 0 Å². The average molecular weight is 243 g/mol. The van der Waals surface area contributed by atoms with Gasteiger partial charge in [-0.05, 0) is 62.6 Å². The van der Waals surface area contributed by atoms with E-state index in [-0.39, 0.29) is 0 Å². The van der Waals surface area contributed by atoms with Crippen LogP contribution in [0.25, 0.3) is 0 Å². The molecule has 0 heterocycles. The highest BCUT2D eigenvalue weighted by molar-refractivity contribution is 5.34. The lowest BCUT2D eigenvalue weighted by atomic mass is 9.94. The normalized spacial score (nSPS) is 31.8. The standard InChI is InChI=1S/C17H25N/c1-11-8-9-12(2)15(10-11)17(18-3)16-13-6-4-5-7-14(13)16/h8-10,13-14,16-18H,4-7H2,1-3H3. The van der Waals surface area contributed by atoms with E-state index in [1.165, 1.54) is 42.4 Å². The number of nitrogens with one attached hydrogen (secondary N) is 1. The van der Waals surface area contributed by atoms with Crippen LogP contribution in [0.2, 0.25) is 0 Å². The molecule has 0 aliphatic heterocycles. The molecule has 2 saturated carbocycles. The minimum atomic E-state index is 0.581. The Balaban J connectivity index is 1.86. The zero-order valence-corrected chi connectivity index (χ0v) is 11.9. The number of fused-ring (bicyclic) bond motifs is 1. The molecular formula is C17H25N. The molecule has 1 nitrogen and oxygen atoms in total. The van der Waals surface area contributed by atoms with Gasteiger partial charge in [0.1, 0.15) is 0 Å². The van der Waals surface area contributed by atoms with Crippen LogP contribution in [0.5, 0.6) is 0 Å². The second-order valence-electron chi connectivity index (χ2n) is 6.32. The van der Waals surface area contributed by atoms with E-state index >= 15 is 0 Å².